The molecule has 0 saturated heterocycles. The molecule has 0 bridgehead atoms. The van der Waals surface area contributed by atoms with Crippen LogP contribution in [0.15, 0.2) is 46.6 Å². The quantitative estimate of drug-likeness (QED) is 0.643. The first-order valence-electron chi connectivity index (χ1n) is 9.62. The van der Waals surface area contributed by atoms with E-state index in [1.165, 1.54) is 9.36 Å². The molecule has 3 aromatic rings. The van der Waals surface area contributed by atoms with Crippen LogP contribution in [0.5, 0.6) is 0 Å². The molecule has 1 fully saturated rings. The number of amides is 1. The molecule has 1 N–H and O–H groups in total. The summed E-state index contributed by atoms with van der Waals surface area (Å²) in [6, 6.07) is 11.1. The monoisotopic (exact) mass is 413 g/mol. The van der Waals surface area contributed by atoms with Crippen LogP contribution in [-0.4, -0.2) is 39.4 Å². The van der Waals surface area contributed by atoms with E-state index in [9.17, 15) is 9.59 Å². The van der Waals surface area contributed by atoms with Gasteiger partial charge >= 0.3 is 5.69 Å². The summed E-state index contributed by atoms with van der Waals surface area (Å²) >= 11 is 1.64. The van der Waals surface area contributed by atoms with Crippen molar-refractivity contribution in [1.29, 1.82) is 0 Å². The van der Waals surface area contributed by atoms with Gasteiger partial charge in [0.1, 0.15) is 0 Å². The van der Waals surface area contributed by atoms with E-state index in [1.807, 2.05) is 11.4 Å². The smallest absolute Gasteiger partial charge is 0.368 e. The van der Waals surface area contributed by atoms with E-state index in [2.05, 4.69) is 21.8 Å². The number of nitrogens with one attached hydrogen (secondary N) is 1. The van der Waals surface area contributed by atoms with E-state index in [4.69, 9.17) is 4.74 Å². The SMILES string of the molecule is COCCn1nnn(-c2ccc(NC(=O)C3(c4cccs4)CCCC3)cc2)c1=O. The number of methoxy groups -OCH3 is 1. The highest BCUT2D eigenvalue weighted by Crippen LogP contribution is 2.43. The van der Waals surface area contributed by atoms with Crippen LogP contribution in [0.25, 0.3) is 5.69 Å². The molecule has 2 aromatic heterocycles. The lowest BCUT2D eigenvalue weighted by molar-refractivity contribution is -0.121. The number of ether oxygens (including phenoxy) is 1. The first-order chi connectivity index (χ1) is 14.1. The maximum absolute atomic E-state index is 13.2. The van der Waals surface area contributed by atoms with Crippen LogP contribution >= 0.6 is 11.3 Å². The lowest BCUT2D eigenvalue weighted by Crippen LogP contribution is -2.37. The molecule has 1 aromatic carbocycles. The minimum absolute atomic E-state index is 0.0351. The Bertz CT molecular complexity index is 1020. The van der Waals surface area contributed by atoms with Crippen molar-refractivity contribution < 1.29 is 9.53 Å². The Morgan fingerprint density at radius 1 is 1.21 bits per heavy atom. The van der Waals surface area contributed by atoms with Crippen LogP contribution in [-0.2, 0) is 21.5 Å². The molecule has 1 aliphatic carbocycles. The Balaban J connectivity index is 1.51. The van der Waals surface area contributed by atoms with Gasteiger partial charge < -0.3 is 10.1 Å². The molecule has 0 radical (unpaired) electrons. The topological polar surface area (TPSA) is 91.0 Å². The van der Waals surface area contributed by atoms with E-state index < -0.39 is 5.41 Å². The van der Waals surface area contributed by atoms with Gasteiger partial charge in [0.05, 0.1) is 24.3 Å². The minimum atomic E-state index is -0.437. The summed E-state index contributed by atoms with van der Waals surface area (Å²) in [5, 5.41) is 12.9. The molecule has 0 spiro atoms. The zero-order valence-corrected chi connectivity index (χ0v) is 17.0. The summed E-state index contributed by atoms with van der Waals surface area (Å²) < 4.78 is 7.45. The zero-order valence-electron chi connectivity index (χ0n) is 16.2. The molecular weight excluding hydrogens is 390 g/mol. The number of rotatable bonds is 7. The Labute approximate surface area is 172 Å². The van der Waals surface area contributed by atoms with Crippen molar-refractivity contribution in [3.05, 3.63) is 57.1 Å². The largest absolute Gasteiger partial charge is 0.383 e. The molecule has 2 heterocycles. The second-order valence-electron chi connectivity index (χ2n) is 7.16. The zero-order chi connectivity index (χ0) is 20.3. The number of benzene rings is 1. The van der Waals surface area contributed by atoms with E-state index >= 15 is 0 Å². The van der Waals surface area contributed by atoms with Gasteiger partial charge in [-0.15, -0.1) is 11.3 Å². The van der Waals surface area contributed by atoms with Crippen molar-refractivity contribution in [1.82, 2.24) is 19.8 Å². The van der Waals surface area contributed by atoms with E-state index in [0.29, 0.717) is 24.5 Å². The van der Waals surface area contributed by atoms with Gasteiger partial charge in [0, 0.05) is 17.7 Å². The third-order valence-corrected chi connectivity index (χ3v) is 6.47. The van der Waals surface area contributed by atoms with Crippen LogP contribution in [0.2, 0.25) is 0 Å². The van der Waals surface area contributed by atoms with Gasteiger partial charge in [-0.3, -0.25) is 4.79 Å². The number of tetrazole rings is 1. The Kier molecular flexibility index (Phi) is 5.59. The van der Waals surface area contributed by atoms with Crippen molar-refractivity contribution in [2.75, 3.05) is 19.0 Å². The van der Waals surface area contributed by atoms with Crippen LogP contribution < -0.4 is 11.0 Å². The average molecular weight is 414 g/mol. The molecule has 4 rings (SSSR count). The summed E-state index contributed by atoms with van der Waals surface area (Å²) in [6.45, 7) is 0.726. The standard InChI is InChI=1S/C20H23N5O3S/c1-28-13-12-24-19(27)25(23-22-24)16-8-6-15(7-9-16)21-18(26)20(10-2-3-11-20)17-5-4-14-29-17/h4-9,14H,2-3,10-13H2,1H3,(H,21,26). The number of hydrogen-bond acceptors (Lipinski definition) is 6. The highest BCUT2D eigenvalue weighted by atomic mass is 32.1. The summed E-state index contributed by atoms with van der Waals surface area (Å²) in [4.78, 5) is 26.6. The third-order valence-electron chi connectivity index (χ3n) is 5.40. The number of hydrogen-bond donors (Lipinski definition) is 1. The van der Waals surface area contributed by atoms with Gasteiger partial charge in [0.25, 0.3) is 0 Å². The van der Waals surface area contributed by atoms with Crippen molar-refractivity contribution >= 4 is 22.9 Å². The molecule has 1 saturated carbocycles. The molecule has 29 heavy (non-hydrogen) atoms. The number of aromatic nitrogens is 4. The van der Waals surface area contributed by atoms with Crippen LogP contribution in [0.4, 0.5) is 5.69 Å². The fourth-order valence-corrected chi connectivity index (χ4v) is 4.79. The summed E-state index contributed by atoms with van der Waals surface area (Å²) in [5.74, 6) is 0.0351. The Morgan fingerprint density at radius 3 is 2.62 bits per heavy atom. The predicted molar refractivity (Wildman–Crippen MR) is 111 cm³/mol. The lowest BCUT2D eigenvalue weighted by Gasteiger charge is -2.26. The van der Waals surface area contributed by atoms with Crippen LogP contribution in [0.1, 0.15) is 30.6 Å². The van der Waals surface area contributed by atoms with Crippen molar-refractivity contribution in [2.45, 2.75) is 37.6 Å². The highest BCUT2D eigenvalue weighted by molar-refractivity contribution is 7.10. The summed E-state index contributed by atoms with van der Waals surface area (Å²) in [5.41, 5.74) is 0.515. The van der Waals surface area contributed by atoms with Gasteiger partial charge in [-0.25, -0.2) is 4.79 Å². The van der Waals surface area contributed by atoms with Gasteiger partial charge in [-0.05, 0) is 59.0 Å². The maximum atomic E-state index is 13.2. The second-order valence-corrected chi connectivity index (χ2v) is 8.10. The first-order valence-corrected chi connectivity index (χ1v) is 10.5. The van der Waals surface area contributed by atoms with E-state index in [-0.39, 0.29) is 11.6 Å². The van der Waals surface area contributed by atoms with Crippen molar-refractivity contribution in [3.63, 3.8) is 0 Å². The van der Waals surface area contributed by atoms with E-state index in [0.717, 1.165) is 30.6 Å². The van der Waals surface area contributed by atoms with Gasteiger partial charge in [0.15, 0.2) is 0 Å². The van der Waals surface area contributed by atoms with E-state index in [1.54, 1.807) is 42.7 Å². The fraction of sp³-hybridized carbons (Fsp3) is 0.400. The fourth-order valence-electron chi connectivity index (χ4n) is 3.81. The third kappa shape index (κ3) is 3.75. The summed E-state index contributed by atoms with van der Waals surface area (Å²) in [6.07, 6.45) is 3.87. The number of carbonyl (C=O) groups is 1. The van der Waals surface area contributed by atoms with Gasteiger partial charge in [-0.1, -0.05) is 18.9 Å². The van der Waals surface area contributed by atoms with Crippen LogP contribution in [0, 0.1) is 0 Å². The summed E-state index contributed by atoms with van der Waals surface area (Å²) in [7, 11) is 1.57. The molecule has 8 nitrogen and oxygen atoms in total. The molecule has 0 atom stereocenters. The molecule has 1 aliphatic rings. The second kappa shape index (κ2) is 8.30. The van der Waals surface area contributed by atoms with Crippen molar-refractivity contribution in [2.24, 2.45) is 0 Å². The highest BCUT2D eigenvalue weighted by Gasteiger charge is 2.43. The predicted octanol–water partition coefficient (Wildman–Crippen LogP) is 2.59. The lowest BCUT2D eigenvalue weighted by atomic mass is 9.83. The van der Waals surface area contributed by atoms with Crippen LogP contribution in [0.3, 0.4) is 0 Å². The molecule has 1 amide bonds. The van der Waals surface area contributed by atoms with Gasteiger partial charge in [-0.2, -0.15) is 9.36 Å². The minimum Gasteiger partial charge on any atom is -0.383 e. The Hall–Kier alpha value is -2.78. The number of thiophene rings is 1. The Morgan fingerprint density at radius 2 is 1.97 bits per heavy atom. The number of carbonyl (C=O) groups excluding carboxylic acids is 1. The molecular formula is C20H23N5O3S. The molecule has 0 unspecified atom stereocenters. The first kappa shape index (κ1) is 19.5. The molecule has 152 valence electrons. The molecule has 0 aliphatic heterocycles. The maximum Gasteiger partial charge on any atom is 0.368 e. The number of nitrogens with zero attached hydrogens (tertiary/aromatic N) is 4. The van der Waals surface area contributed by atoms with Crippen molar-refractivity contribution in [3.8, 4) is 5.69 Å². The molecule has 9 heteroatoms. The average Bonchev–Trinajstić information content (AvgIpc) is 3.49. The number of anilines is 1. The normalized spacial score (nSPS) is 15.5. The van der Waals surface area contributed by atoms with Gasteiger partial charge in [0.2, 0.25) is 5.91 Å².